The summed E-state index contributed by atoms with van der Waals surface area (Å²) in [5.41, 5.74) is 4.04. The van der Waals surface area contributed by atoms with E-state index < -0.39 is 5.97 Å². The van der Waals surface area contributed by atoms with Crippen LogP contribution >= 0.6 is 23.4 Å². The Morgan fingerprint density at radius 3 is 2.73 bits per heavy atom. The predicted molar refractivity (Wildman–Crippen MR) is 91.7 cm³/mol. The van der Waals surface area contributed by atoms with Gasteiger partial charge in [-0.1, -0.05) is 48.0 Å². The van der Waals surface area contributed by atoms with Gasteiger partial charge >= 0.3 is 5.97 Å². The molecular weight excluding hydrogens is 316 g/mol. The molecule has 4 heteroatoms. The van der Waals surface area contributed by atoms with E-state index in [-0.39, 0.29) is 0 Å². The molecule has 112 valence electrons. The lowest BCUT2D eigenvalue weighted by Crippen LogP contribution is -1.95. The van der Waals surface area contributed by atoms with E-state index in [0.717, 1.165) is 9.92 Å². The maximum atomic E-state index is 11.1. The number of halogens is 1. The van der Waals surface area contributed by atoms with Crippen molar-refractivity contribution < 1.29 is 9.90 Å². The van der Waals surface area contributed by atoms with Crippen LogP contribution in [0.1, 0.15) is 41.3 Å². The first-order valence-corrected chi connectivity index (χ1v) is 8.18. The minimum Gasteiger partial charge on any atom is -0.478 e. The fraction of sp³-hybridized carbons (Fsp3) is 0.167. The van der Waals surface area contributed by atoms with Crippen molar-refractivity contribution in [2.45, 2.75) is 24.7 Å². The van der Waals surface area contributed by atoms with E-state index >= 15 is 0 Å². The minimum atomic E-state index is -0.903. The monoisotopic (exact) mass is 330 g/mol. The summed E-state index contributed by atoms with van der Waals surface area (Å²) in [6.45, 7) is 4.30. The average Bonchev–Trinajstić information content (AvgIpc) is 2.72. The number of allylic oxidation sites excluding steroid dienone is 1. The molecule has 2 aromatic carbocycles. The highest BCUT2D eigenvalue weighted by molar-refractivity contribution is 8.08. The smallest absolute Gasteiger partial charge is 0.335 e. The van der Waals surface area contributed by atoms with Gasteiger partial charge in [-0.15, -0.1) is 0 Å². The molecule has 0 spiro atoms. The van der Waals surface area contributed by atoms with Crippen molar-refractivity contribution in [1.82, 2.24) is 0 Å². The van der Waals surface area contributed by atoms with E-state index in [1.165, 1.54) is 21.6 Å². The number of hydrogen-bond acceptors (Lipinski definition) is 2. The molecule has 3 rings (SSSR count). The number of aromatic carboxylic acids is 1. The molecule has 1 N–H and O–H groups in total. The van der Waals surface area contributed by atoms with Crippen LogP contribution in [0.4, 0.5) is 0 Å². The van der Waals surface area contributed by atoms with Crippen LogP contribution in [0.15, 0.2) is 52.9 Å². The van der Waals surface area contributed by atoms with Crippen molar-refractivity contribution in [2.24, 2.45) is 0 Å². The van der Waals surface area contributed by atoms with E-state index in [0.29, 0.717) is 11.5 Å². The molecule has 0 saturated heterocycles. The molecule has 0 heterocycles. The second kappa shape index (κ2) is 5.82. The molecule has 2 aromatic rings. The molecule has 1 unspecified atom stereocenters. The molecule has 2 nitrogen and oxygen atoms in total. The van der Waals surface area contributed by atoms with Gasteiger partial charge in [0.2, 0.25) is 0 Å². The minimum absolute atomic E-state index is 0.311. The number of hydrogen-bond donors (Lipinski definition) is 1. The third-order valence-electron chi connectivity index (χ3n) is 4.03. The van der Waals surface area contributed by atoms with Crippen molar-refractivity contribution in [1.29, 1.82) is 0 Å². The fourth-order valence-corrected chi connectivity index (χ4v) is 4.07. The Labute approximate surface area is 138 Å². The van der Waals surface area contributed by atoms with Gasteiger partial charge in [0, 0.05) is 20.7 Å². The van der Waals surface area contributed by atoms with Crippen molar-refractivity contribution >= 4 is 34.2 Å². The number of rotatable bonds is 3. The van der Waals surface area contributed by atoms with Gasteiger partial charge in [-0.05, 0) is 48.4 Å². The van der Waals surface area contributed by atoms with Gasteiger partial charge in [-0.25, -0.2) is 4.79 Å². The van der Waals surface area contributed by atoms with Gasteiger partial charge in [-0.3, -0.25) is 0 Å². The first-order valence-electron chi connectivity index (χ1n) is 6.99. The summed E-state index contributed by atoms with van der Waals surface area (Å²) in [6, 6.07) is 13.0. The third-order valence-corrected chi connectivity index (χ3v) is 5.50. The second-order valence-corrected chi connectivity index (χ2v) is 6.92. The Balaban J connectivity index is 1.99. The summed E-state index contributed by atoms with van der Waals surface area (Å²) in [7, 11) is 0. The van der Waals surface area contributed by atoms with Crippen molar-refractivity contribution in [3.8, 4) is 0 Å². The second-order valence-electron chi connectivity index (χ2n) is 5.40. The summed E-state index contributed by atoms with van der Waals surface area (Å²) < 4.78 is 0. The third kappa shape index (κ3) is 2.67. The molecule has 1 aliphatic rings. The highest BCUT2D eigenvalue weighted by atomic mass is 35.5. The molecule has 0 aromatic heterocycles. The van der Waals surface area contributed by atoms with Crippen LogP contribution in [0.5, 0.6) is 0 Å². The maximum Gasteiger partial charge on any atom is 0.335 e. The van der Waals surface area contributed by atoms with Crippen LogP contribution in [0.25, 0.3) is 4.91 Å². The molecule has 0 aliphatic heterocycles. The molecule has 0 saturated carbocycles. The van der Waals surface area contributed by atoms with Gasteiger partial charge in [0.15, 0.2) is 0 Å². The summed E-state index contributed by atoms with van der Waals surface area (Å²) in [5, 5.41) is 9.86. The number of thioether (sulfide) groups is 1. The van der Waals surface area contributed by atoms with E-state index in [2.05, 4.69) is 13.8 Å². The van der Waals surface area contributed by atoms with E-state index in [4.69, 9.17) is 16.7 Å². The number of carbonyl (C=O) groups is 1. The lowest BCUT2D eigenvalue weighted by Gasteiger charge is -2.07. The Morgan fingerprint density at radius 2 is 2.00 bits per heavy atom. The molecule has 0 fully saturated rings. The zero-order valence-corrected chi connectivity index (χ0v) is 13.8. The van der Waals surface area contributed by atoms with Gasteiger partial charge in [0.05, 0.1) is 5.56 Å². The SMILES string of the molecule is CC1=C(Sc2cccc(C(=O)O)c2)c2ccc(Cl)cc2C1C. The van der Waals surface area contributed by atoms with Gasteiger partial charge in [-0.2, -0.15) is 0 Å². The topological polar surface area (TPSA) is 37.3 Å². The Hall–Kier alpha value is -1.71. The van der Waals surface area contributed by atoms with Crippen molar-refractivity contribution in [3.63, 3.8) is 0 Å². The molecule has 0 amide bonds. The van der Waals surface area contributed by atoms with E-state index in [1.807, 2.05) is 24.3 Å². The highest BCUT2D eigenvalue weighted by Gasteiger charge is 2.26. The molecule has 0 bridgehead atoms. The van der Waals surface area contributed by atoms with Crippen molar-refractivity contribution in [3.05, 3.63) is 69.8 Å². The quantitative estimate of drug-likeness (QED) is 0.786. The average molecular weight is 331 g/mol. The largest absolute Gasteiger partial charge is 0.478 e. The number of benzene rings is 2. The highest BCUT2D eigenvalue weighted by Crippen LogP contribution is 2.49. The Kier molecular flexibility index (Phi) is 4.02. The summed E-state index contributed by atoms with van der Waals surface area (Å²) in [5.74, 6) is -0.570. The van der Waals surface area contributed by atoms with Crippen LogP contribution in [0.3, 0.4) is 0 Å². The number of fused-ring (bicyclic) bond motifs is 1. The van der Waals surface area contributed by atoms with E-state index in [1.54, 1.807) is 30.0 Å². The standard InChI is InChI=1S/C18H15ClO2S/c1-10-11(2)17(15-7-6-13(19)9-16(10)15)22-14-5-3-4-12(8-14)18(20)21/h3-10H,1-2H3,(H,20,21). The lowest BCUT2D eigenvalue weighted by atomic mass is 9.99. The van der Waals surface area contributed by atoms with Crippen LogP contribution in [0.2, 0.25) is 5.02 Å². The summed E-state index contributed by atoms with van der Waals surface area (Å²) >= 11 is 7.73. The first kappa shape index (κ1) is 15.2. The van der Waals surface area contributed by atoms with Crippen LogP contribution in [-0.4, -0.2) is 11.1 Å². The molecule has 22 heavy (non-hydrogen) atoms. The Morgan fingerprint density at radius 1 is 1.23 bits per heavy atom. The molecular formula is C18H15ClO2S. The van der Waals surface area contributed by atoms with Gasteiger partial charge in [0.1, 0.15) is 0 Å². The zero-order chi connectivity index (χ0) is 15.9. The van der Waals surface area contributed by atoms with Crippen molar-refractivity contribution in [2.75, 3.05) is 0 Å². The fourth-order valence-electron chi connectivity index (χ4n) is 2.69. The Bertz CT molecular complexity index is 795. The zero-order valence-electron chi connectivity index (χ0n) is 12.3. The predicted octanol–water partition coefficient (Wildman–Crippen LogP) is 5.68. The van der Waals surface area contributed by atoms with Crippen LogP contribution < -0.4 is 0 Å². The normalized spacial score (nSPS) is 16.8. The van der Waals surface area contributed by atoms with Crippen LogP contribution in [0, 0.1) is 0 Å². The summed E-state index contributed by atoms with van der Waals surface area (Å²) in [4.78, 5) is 13.2. The molecule has 1 aliphatic carbocycles. The van der Waals surface area contributed by atoms with E-state index in [9.17, 15) is 4.79 Å². The maximum absolute atomic E-state index is 11.1. The van der Waals surface area contributed by atoms with Gasteiger partial charge < -0.3 is 5.11 Å². The van der Waals surface area contributed by atoms with Crippen LogP contribution in [-0.2, 0) is 0 Å². The first-order chi connectivity index (χ1) is 10.5. The lowest BCUT2D eigenvalue weighted by molar-refractivity contribution is 0.0696. The molecule has 0 radical (unpaired) electrons. The summed E-state index contributed by atoms with van der Waals surface area (Å²) in [6.07, 6.45) is 0. The number of carboxylic acid groups (broad SMARTS) is 1. The number of carboxylic acids is 1. The van der Waals surface area contributed by atoms with Gasteiger partial charge in [0.25, 0.3) is 0 Å². The molecule has 1 atom stereocenters.